The predicted octanol–water partition coefficient (Wildman–Crippen LogP) is 3.69. The number of hydrogen-bond donors (Lipinski definition) is 2. The Morgan fingerprint density at radius 3 is 2.67 bits per heavy atom. The summed E-state index contributed by atoms with van der Waals surface area (Å²) in [5.74, 6) is -0.697. The van der Waals surface area contributed by atoms with Crippen LogP contribution < -0.4 is 11.1 Å². The van der Waals surface area contributed by atoms with Gasteiger partial charge in [0.1, 0.15) is 22.8 Å². The van der Waals surface area contributed by atoms with Gasteiger partial charge in [-0.25, -0.2) is 4.39 Å². The number of hydrogen-bond acceptors (Lipinski definition) is 4. The molecule has 24 heavy (non-hydrogen) atoms. The number of carbonyl (C=O) groups is 1. The molecule has 0 atom stereocenters. The van der Waals surface area contributed by atoms with E-state index in [0.29, 0.717) is 6.54 Å². The molecule has 0 bridgehead atoms. The Bertz CT molecular complexity index is 721. The Hall–Kier alpha value is -1.92. The molecule has 130 valence electrons. The van der Waals surface area contributed by atoms with E-state index >= 15 is 0 Å². The van der Waals surface area contributed by atoms with Crippen molar-refractivity contribution in [2.45, 2.75) is 39.2 Å². The monoisotopic (exact) mass is 353 g/mol. The standard InChI is InChI=1S/C17H21ClFN3O2/c1-4-17(20,5-2)9-21-16(23)13-10(3)24-22-15(13)14-11(18)7-6-8-12(14)19/h6-8H,4-5,9,20H2,1-3H3,(H,21,23). The van der Waals surface area contributed by atoms with Crippen LogP contribution in [-0.2, 0) is 0 Å². The zero-order chi connectivity index (χ0) is 17.9. The van der Waals surface area contributed by atoms with Crippen molar-refractivity contribution in [3.05, 3.63) is 40.4 Å². The molecule has 0 aliphatic heterocycles. The van der Waals surface area contributed by atoms with Gasteiger partial charge in [0.2, 0.25) is 0 Å². The lowest BCUT2D eigenvalue weighted by molar-refractivity contribution is 0.0941. The minimum atomic E-state index is -0.569. The molecule has 0 saturated carbocycles. The molecule has 5 nitrogen and oxygen atoms in total. The van der Waals surface area contributed by atoms with E-state index in [9.17, 15) is 9.18 Å². The van der Waals surface area contributed by atoms with Gasteiger partial charge in [0, 0.05) is 12.1 Å². The van der Waals surface area contributed by atoms with Crippen molar-refractivity contribution in [3.63, 3.8) is 0 Å². The number of nitrogens with one attached hydrogen (secondary N) is 1. The van der Waals surface area contributed by atoms with Crippen molar-refractivity contribution in [2.75, 3.05) is 6.54 Å². The third-order valence-corrected chi connectivity index (χ3v) is 4.61. The van der Waals surface area contributed by atoms with Crippen LogP contribution in [0.1, 0.15) is 42.8 Å². The average Bonchev–Trinajstić information content (AvgIpc) is 2.93. The molecule has 1 amide bonds. The van der Waals surface area contributed by atoms with Crippen LogP contribution in [0.15, 0.2) is 22.7 Å². The molecule has 2 rings (SSSR count). The van der Waals surface area contributed by atoms with E-state index < -0.39 is 17.3 Å². The highest BCUT2D eigenvalue weighted by atomic mass is 35.5. The van der Waals surface area contributed by atoms with Gasteiger partial charge in [0.15, 0.2) is 0 Å². The highest BCUT2D eigenvalue weighted by Crippen LogP contribution is 2.33. The summed E-state index contributed by atoms with van der Waals surface area (Å²) in [6.45, 7) is 5.82. The zero-order valence-electron chi connectivity index (χ0n) is 14.0. The first-order valence-electron chi connectivity index (χ1n) is 7.80. The summed E-state index contributed by atoms with van der Waals surface area (Å²) >= 11 is 6.07. The average molecular weight is 354 g/mol. The predicted molar refractivity (Wildman–Crippen MR) is 91.5 cm³/mol. The number of nitrogens with zero attached hydrogens (tertiary/aromatic N) is 1. The van der Waals surface area contributed by atoms with Crippen LogP contribution in [0.5, 0.6) is 0 Å². The topological polar surface area (TPSA) is 81.1 Å². The second kappa shape index (κ2) is 7.32. The van der Waals surface area contributed by atoms with E-state index in [2.05, 4.69) is 10.5 Å². The van der Waals surface area contributed by atoms with Crippen LogP contribution in [-0.4, -0.2) is 23.1 Å². The smallest absolute Gasteiger partial charge is 0.257 e. The van der Waals surface area contributed by atoms with E-state index in [-0.39, 0.29) is 27.6 Å². The van der Waals surface area contributed by atoms with Crippen molar-refractivity contribution in [1.82, 2.24) is 10.5 Å². The molecule has 0 spiro atoms. The van der Waals surface area contributed by atoms with Gasteiger partial charge in [-0.15, -0.1) is 0 Å². The molecule has 0 aliphatic rings. The van der Waals surface area contributed by atoms with Gasteiger partial charge in [0.05, 0.1) is 10.6 Å². The molecular formula is C17H21ClFN3O2. The van der Waals surface area contributed by atoms with Crippen molar-refractivity contribution >= 4 is 17.5 Å². The third kappa shape index (κ3) is 3.60. The normalized spacial score (nSPS) is 11.6. The maximum atomic E-state index is 14.2. The fourth-order valence-electron chi connectivity index (χ4n) is 2.38. The van der Waals surface area contributed by atoms with Crippen LogP contribution in [0.2, 0.25) is 5.02 Å². The molecule has 0 aliphatic carbocycles. The fraction of sp³-hybridized carbons (Fsp3) is 0.412. The second-order valence-electron chi connectivity index (χ2n) is 5.81. The van der Waals surface area contributed by atoms with Crippen molar-refractivity contribution in [2.24, 2.45) is 5.73 Å². The largest absolute Gasteiger partial charge is 0.360 e. The maximum absolute atomic E-state index is 14.2. The first-order chi connectivity index (χ1) is 11.3. The molecule has 0 unspecified atom stereocenters. The summed E-state index contributed by atoms with van der Waals surface area (Å²) in [5, 5.41) is 6.77. The Morgan fingerprint density at radius 2 is 2.08 bits per heavy atom. The van der Waals surface area contributed by atoms with Gasteiger partial charge in [-0.2, -0.15) is 0 Å². The summed E-state index contributed by atoms with van der Waals surface area (Å²) in [5.41, 5.74) is 6.01. The first-order valence-corrected chi connectivity index (χ1v) is 8.18. The minimum Gasteiger partial charge on any atom is -0.360 e. The summed E-state index contributed by atoms with van der Waals surface area (Å²) in [6.07, 6.45) is 1.44. The summed E-state index contributed by atoms with van der Waals surface area (Å²) in [7, 11) is 0. The summed E-state index contributed by atoms with van der Waals surface area (Å²) < 4.78 is 19.3. The van der Waals surface area contributed by atoms with E-state index in [1.165, 1.54) is 18.2 Å². The fourth-order valence-corrected chi connectivity index (χ4v) is 2.63. The van der Waals surface area contributed by atoms with Gasteiger partial charge in [-0.1, -0.05) is 36.7 Å². The molecule has 0 fully saturated rings. The lowest BCUT2D eigenvalue weighted by Gasteiger charge is -2.26. The van der Waals surface area contributed by atoms with E-state index in [1.807, 2.05) is 13.8 Å². The molecule has 1 aromatic heterocycles. The van der Waals surface area contributed by atoms with Gasteiger partial charge in [-0.3, -0.25) is 4.79 Å². The molecule has 0 radical (unpaired) electrons. The second-order valence-corrected chi connectivity index (χ2v) is 6.22. The van der Waals surface area contributed by atoms with Gasteiger partial charge < -0.3 is 15.6 Å². The number of aryl methyl sites for hydroxylation is 1. The van der Waals surface area contributed by atoms with Crippen LogP contribution in [0.4, 0.5) is 4.39 Å². The van der Waals surface area contributed by atoms with Crippen LogP contribution in [0, 0.1) is 12.7 Å². The van der Waals surface area contributed by atoms with Crippen LogP contribution >= 0.6 is 11.6 Å². The number of nitrogens with two attached hydrogens (primary N) is 1. The van der Waals surface area contributed by atoms with E-state index in [4.69, 9.17) is 21.9 Å². The Morgan fingerprint density at radius 1 is 1.42 bits per heavy atom. The Kier molecular flexibility index (Phi) is 5.62. The molecule has 7 heteroatoms. The first kappa shape index (κ1) is 18.4. The van der Waals surface area contributed by atoms with E-state index in [0.717, 1.165) is 12.8 Å². The van der Waals surface area contributed by atoms with E-state index in [1.54, 1.807) is 6.92 Å². The maximum Gasteiger partial charge on any atom is 0.257 e. The quantitative estimate of drug-likeness (QED) is 0.829. The molecule has 2 aromatic rings. The number of halogens is 2. The lowest BCUT2D eigenvalue weighted by Crippen LogP contribution is -2.49. The summed E-state index contributed by atoms with van der Waals surface area (Å²) in [6, 6.07) is 4.27. The van der Waals surface area contributed by atoms with Crippen molar-refractivity contribution in [1.29, 1.82) is 0 Å². The van der Waals surface area contributed by atoms with Crippen LogP contribution in [0.3, 0.4) is 0 Å². The molecule has 0 saturated heterocycles. The molecule has 1 heterocycles. The Labute approximate surface area is 145 Å². The minimum absolute atomic E-state index is 0.0474. The highest BCUT2D eigenvalue weighted by Gasteiger charge is 2.27. The highest BCUT2D eigenvalue weighted by molar-refractivity contribution is 6.33. The summed E-state index contributed by atoms with van der Waals surface area (Å²) in [4.78, 5) is 12.6. The number of amides is 1. The van der Waals surface area contributed by atoms with Gasteiger partial charge in [-0.05, 0) is 31.9 Å². The van der Waals surface area contributed by atoms with Crippen molar-refractivity contribution in [3.8, 4) is 11.3 Å². The molecule has 3 N–H and O–H groups in total. The Balaban J connectivity index is 2.35. The number of rotatable bonds is 6. The molecule has 1 aromatic carbocycles. The zero-order valence-corrected chi connectivity index (χ0v) is 14.7. The van der Waals surface area contributed by atoms with Crippen molar-refractivity contribution < 1.29 is 13.7 Å². The van der Waals surface area contributed by atoms with Gasteiger partial charge >= 0.3 is 0 Å². The number of benzene rings is 1. The lowest BCUT2D eigenvalue weighted by atomic mass is 9.94. The van der Waals surface area contributed by atoms with Gasteiger partial charge in [0.25, 0.3) is 5.91 Å². The SMILES string of the molecule is CCC(N)(CC)CNC(=O)c1c(-c2c(F)cccc2Cl)noc1C. The number of carbonyl (C=O) groups excluding carboxylic acids is 1. The third-order valence-electron chi connectivity index (χ3n) is 4.30. The number of aromatic nitrogens is 1. The van der Waals surface area contributed by atoms with Crippen LogP contribution in [0.25, 0.3) is 11.3 Å². The molecular weight excluding hydrogens is 333 g/mol.